The molecular formula is C43H44N4O12S. The molecule has 2 N–H and O–H groups in total. The van der Waals surface area contributed by atoms with Crippen molar-refractivity contribution in [1.29, 1.82) is 5.26 Å². The number of likely N-dealkylation sites (N-methyl/N-ethyl adjacent to an activating group) is 1. The number of benzene rings is 3. The van der Waals surface area contributed by atoms with Crippen LogP contribution in [0.5, 0.6) is 40.2 Å². The average Bonchev–Trinajstić information content (AvgIpc) is 3.71. The summed E-state index contributed by atoms with van der Waals surface area (Å²) in [5, 5.41) is 33.5. The molecule has 2 fully saturated rings. The van der Waals surface area contributed by atoms with Crippen LogP contribution in [0.3, 0.4) is 0 Å². The molecule has 0 aromatic heterocycles. The Hall–Kier alpha value is -5.83. The van der Waals surface area contributed by atoms with Gasteiger partial charge in [-0.15, -0.1) is 11.8 Å². The van der Waals surface area contributed by atoms with Crippen LogP contribution >= 0.6 is 11.8 Å². The number of rotatable bonds is 4. The summed E-state index contributed by atoms with van der Waals surface area (Å²) in [7, 11) is 4.83. The fourth-order valence-electron chi connectivity index (χ4n) is 10.7. The highest BCUT2D eigenvalue weighted by Gasteiger charge is 2.63. The Morgan fingerprint density at radius 2 is 1.82 bits per heavy atom. The van der Waals surface area contributed by atoms with Crippen LogP contribution in [0.2, 0.25) is 0 Å². The molecule has 7 atom stereocenters. The van der Waals surface area contributed by atoms with Crippen molar-refractivity contribution in [3.63, 3.8) is 0 Å². The molecule has 10 rings (SSSR count). The predicted octanol–water partition coefficient (Wildman–Crippen LogP) is 4.98. The second kappa shape index (κ2) is 14.4. The lowest BCUT2D eigenvalue weighted by Crippen LogP contribution is -2.69. The third-order valence-corrected chi connectivity index (χ3v) is 14.5. The van der Waals surface area contributed by atoms with Crippen LogP contribution in [0.4, 0.5) is 4.79 Å². The van der Waals surface area contributed by atoms with E-state index in [-0.39, 0.29) is 61.2 Å². The third kappa shape index (κ3) is 5.39. The Balaban J connectivity index is 1.36. The quantitative estimate of drug-likeness (QED) is 0.203. The van der Waals surface area contributed by atoms with Crippen molar-refractivity contribution in [1.82, 2.24) is 14.7 Å². The predicted molar refractivity (Wildman–Crippen MR) is 213 cm³/mol. The Morgan fingerprint density at radius 1 is 1.05 bits per heavy atom. The van der Waals surface area contributed by atoms with Crippen LogP contribution in [-0.2, 0) is 37.4 Å². The number of ether oxygens (including phenoxy) is 7. The maximum Gasteiger partial charge on any atom is 0.415 e. The van der Waals surface area contributed by atoms with Gasteiger partial charge in [-0.1, -0.05) is 12.6 Å². The molecule has 7 heterocycles. The number of piperazine rings is 1. The fourth-order valence-corrected chi connectivity index (χ4v) is 12.4. The van der Waals surface area contributed by atoms with E-state index >= 15 is 4.79 Å². The number of aryl methyl sites for hydroxylation is 1. The first-order valence-electron chi connectivity index (χ1n) is 19.5. The molecule has 60 heavy (non-hydrogen) atoms. The molecular weight excluding hydrogens is 797 g/mol. The van der Waals surface area contributed by atoms with Crippen molar-refractivity contribution in [2.75, 3.05) is 47.0 Å². The van der Waals surface area contributed by atoms with Crippen LogP contribution in [0.15, 0.2) is 31.0 Å². The number of nitrogens with zero attached hydrogens (tertiary/aromatic N) is 4. The zero-order chi connectivity index (χ0) is 42.5. The third-order valence-electron chi connectivity index (χ3n) is 13.1. The van der Waals surface area contributed by atoms with Crippen molar-refractivity contribution in [2.45, 2.75) is 74.6 Å². The molecule has 4 bridgehead atoms. The normalized spacial score (nSPS) is 27.4. The highest BCUT2D eigenvalue weighted by atomic mass is 32.2. The van der Waals surface area contributed by atoms with Crippen molar-refractivity contribution in [2.24, 2.45) is 0 Å². The number of hydrogen-bond donors (Lipinski definition) is 2. The first-order chi connectivity index (χ1) is 28.8. The van der Waals surface area contributed by atoms with Gasteiger partial charge in [-0.25, -0.2) is 9.59 Å². The molecule has 1 unspecified atom stereocenters. The van der Waals surface area contributed by atoms with Crippen LogP contribution in [0.1, 0.15) is 68.8 Å². The summed E-state index contributed by atoms with van der Waals surface area (Å²) < 4.78 is 41.5. The Morgan fingerprint density at radius 3 is 2.52 bits per heavy atom. The minimum atomic E-state index is -1.86. The Labute approximate surface area is 350 Å². The van der Waals surface area contributed by atoms with E-state index in [1.807, 2.05) is 20.0 Å². The molecule has 3 aromatic carbocycles. The first kappa shape index (κ1) is 39.6. The summed E-state index contributed by atoms with van der Waals surface area (Å²) in [5.41, 5.74) is 2.98. The lowest BCUT2D eigenvalue weighted by Gasteiger charge is -2.62. The molecule has 0 aliphatic carbocycles. The largest absolute Gasteiger partial charge is 0.504 e. The van der Waals surface area contributed by atoms with Gasteiger partial charge >= 0.3 is 18.0 Å². The number of phenols is 2. The van der Waals surface area contributed by atoms with E-state index in [1.165, 1.54) is 43.9 Å². The molecule has 1 spiro atoms. The molecule has 3 aromatic rings. The number of methoxy groups -OCH3 is 2. The van der Waals surface area contributed by atoms with E-state index in [2.05, 4.69) is 22.4 Å². The number of aromatic hydroxyl groups is 2. The van der Waals surface area contributed by atoms with Gasteiger partial charge in [-0.2, -0.15) is 5.26 Å². The number of esters is 2. The molecule has 16 nitrogen and oxygen atoms in total. The molecule has 7 aliphatic heterocycles. The number of hydrogen-bond acceptors (Lipinski definition) is 16. The Bertz CT molecular complexity index is 2440. The number of amides is 1. The van der Waals surface area contributed by atoms with Gasteiger partial charge in [0.15, 0.2) is 40.0 Å². The first-order valence-corrected chi connectivity index (χ1v) is 20.6. The van der Waals surface area contributed by atoms with E-state index in [4.69, 9.17) is 33.2 Å². The van der Waals surface area contributed by atoms with Crippen molar-refractivity contribution in [3.05, 3.63) is 75.5 Å². The van der Waals surface area contributed by atoms with E-state index in [1.54, 1.807) is 13.0 Å². The van der Waals surface area contributed by atoms with Crippen LogP contribution in [-0.4, -0.2) is 108 Å². The lowest BCUT2D eigenvalue weighted by molar-refractivity contribution is -0.162. The van der Waals surface area contributed by atoms with Crippen LogP contribution < -0.4 is 23.7 Å². The molecule has 17 heteroatoms. The number of carbonyl (C=O) groups excluding carboxylic acids is 3. The summed E-state index contributed by atoms with van der Waals surface area (Å²) >= 11 is 1.31. The second-order valence-electron chi connectivity index (χ2n) is 15.8. The number of fused-ring (bicyclic) bond motifs is 9. The minimum absolute atomic E-state index is 0.0156. The van der Waals surface area contributed by atoms with Gasteiger partial charge < -0.3 is 43.4 Å². The lowest BCUT2D eigenvalue weighted by atomic mass is 9.71. The molecule has 2 saturated heterocycles. The van der Waals surface area contributed by atoms with Crippen LogP contribution in [0.25, 0.3) is 0 Å². The number of nitriles is 1. The fraction of sp³-hybridized carbons (Fsp3) is 0.442. The zero-order valence-electron chi connectivity index (χ0n) is 33.9. The topological polar surface area (TPSA) is 190 Å². The van der Waals surface area contributed by atoms with Gasteiger partial charge in [0, 0.05) is 53.6 Å². The average molecular weight is 841 g/mol. The number of phenolic OH excluding ortho intramolecular Hbond substituents is 2. The highest BCUT2D eigenvalue weighted by molar-refractivity contribution is 7.99. The number of carbonyl (C=O) groups is 3. The van der Waals surface area contributed by atoms with E-state index in [0.29, 0.717) is 57.1 Å². The standard InChI is InChI=1S/C43H44N4O12S/c1-8-55-42(52)46-10-9-22-13-28(49)29(53-6)14-24(22)43(46)17-60-40-32-31(39-38(57-18-58-39)20(3)37(32)59-21(4)48)27(16-56-41(43)51)47-26(15-44)25-12-23-11-19(2)36(54-7)35(50)30(23)33(34(40)47)45(25)5/h8,11,13-14,25-27,33-34,40,49-50H,1,9-10,12,16-18H2,2-7H3/t25-,26+,27+,33+,34?,40-,43-/m1/s1. The summed E-state index contributed by atoms with van der Waals surface area (Å²) in [6, 6.07) is 4.37. The smallest absolute Gasteiger partial charge is 0.415 e. The maximum atomic E-state index is 15.3. The number of thioether (sulfide) groups is 1. The minimum Gasteiger partial charge on any atom is -0.504 e. The van der Waals surface area contributed by atoms with Gasteiger partial charge in [0.2, 0.25) is 6.79 Å². The molecule has 314 valence electrons. The summed E-state index contributed by atoms with van der Waals surface area (Å²) in [6.45, 7) is 8.09. The summed E-state index contributed by atoms with van der Waals surface area (Å²) in [6.07, 6.45) is 0.841. The summed E-state index contributed by atoms with van der Waals surface area (Å²) in [4.78, 5) is 47.9. The Kier molecular flexibility index (Phi) is 9.52. The van der Waals surface area contributed by atoms with Crippen LogP contribution in [0, 0.1) is 25.2 Å². The zero-order valence-corrected chi connectivity index (χ0v) is 34.7. The molecule has 1 amide bonds. The van der Waals surface area contributed by atoms with Gasteiger partial charge in [0.1, 0.15) is 18.4 Å². The van der Waals surface area contributed by atoms with E-state index in [9.17, 15) is 25.1 Å². The van der Waals surface area contributed by atoms with Gasteiger partial charge in [-0.05, 0) is 68.1 Å². The van der Waals surface area contributed by atoms with Crippen molar-refractivity contribution < 1.29 is 57.8 Å². The monoisotopic (exact) mass is 840 g/mol. The molecule has 0 radical (unpaired) electrons. The van der Waals surface area contributed by atoms with Gasteiger partial charge in [-0.3, -0.25) is 19.5 Å². The SMILES string of the molecule is C=COC(=O)N1CCc2cc(O)c(OC)cc2[C@@]12CS[C@@H]1c3c(OC(C)=O)c(C)c4c(c3[C@H](COC2=O)N2C1[C@@H]1c3c(cc(C)c(OC)c3O)C[C@H]([C@@H]2C#N)N1C)OCO4. The summed E-state index contributed by atoms with van der Waals surface area (Å²) in [5.74, 6) is -0.270. The van der Waals surface area contributed by atoms with Crippen molar-refractivity contribution in [3.8, 4) is 46.3 Å². The highest BCUT2D eigenvalue weighted by Crippen LogP contribution is 2.65. The second-order valence-corrected chi connectivity index (χ2v) is 17.0. The van der Waals surface area contributed by atoms with E-state index < -0.39 is 53.0 Å². The molecule has 7 aliphatic rings. The maximum absolute atomic E-state index is 15.3. The molecule has 0 saturated carbocycles. The van der Waals surface area contributed by atoms with Gasteiger partial charge in [0.05, 0.1) is 43.9 Å². The van der Waals surface area contributed by atoms with E-state index in [0.717, 1.165) is 17.4 Å². The van der Waals surface area contributed by atoms with Gasteiger partial charge in [0.25, 0.3) is 0 Å². The van der Waals surface area contributed by atoms with Crippen molar-refractivity contribution >= 4 is 29.8 Å².